The Labute approximate surface area is 195 Å². The van der Waals surface area contributed by atoms with Crippen molar-refractivity contribution < 1.29 is 18.3 Å². The molecule has 1 saturated heterocycles. The average Bonchev–Trinajstić information content (AvgIpc) is 3.34. The van der Waals surface area contributed by atoms with Gasteiger partial charge in [0.25, 0.3) is 6.43 Å². The van der Waals surface area contributed by atoms with Gasteiger partial charge >= 0.3 is 6.09 Å². The Morgan fingerprint density at radius 3 is 2.88 bits per heavy atom. The van der Waals surface area contributed by atoms with Crippen LogP contribution >= 0.6 is 11.6 Å². The summed E-state index contributed by atoms with van der Waals surface area (Å²) < 4.78 is 36.3. The fourth-order valence-electron chi connectivity index (χ4n) is 5.01. The zero-order valence-corrected chi connectivity index (χ0v) is 19.4. The Kier molecular flexibility index (Phi) is 5.15. The lowest BCUT2D eigenvalue weighted by Crippen LogP contribution is -2.57. The second-order valence-electron chi connectivity index (χ2n) is 9.84. The highest BCUT2D eigenvalue weighted by atomic mass is 35.5. The molecule has 0 radical (unpaired) electrons. The SMILES string of the molecule is CC(C)(C)OC(=O)N1CCc2c(cnn2[C@H]2CN3c4cc(Cl)nnc4NC[C@@]3(C(F)F)C2)C1. The number of ether oxygens (including phenoxy) is 1. The van der Waals surface area contributed by atoms with Crippen LogP contribution < -0.4 is 10.2 Å². The largest absolute Gasteiger partial charge is 0.444 e. The molecular weight excluding hydrogens is 456 g/mol. The Morgan fingerprint density at radius 1 is 1.36 bits per heavy atom. The molecule has 0 saturated carbocycles. The third-order valence-corrected chi connectivity index (χ3v) is 6.67. The highest BCUT2D eigenvalue weighted by Crippen LogP contribution is 2.48. The molecule has 12 heteroatoms. The number of anilines is 2. The van der Waals surface area contributed by atoms with E-state index in [9.17, 15) is 13.6 Å². The molecule has 1 fully saturated rings. The van der Waals surface area contributed by atoms with E-state index in [2.05, 4.69) is 20.6 Å². The minimum Gasteiger partial charge on any atom is -0.444 e. The molecule has 0 unspecified atom stereocenters. The predicted octanol–water partition coefficient (Wildman–Crippen LogP) is 3.50. The van der Waals surface area contributed by atoms with Crippen LogP contribution in [0.1, 0.15) is 44.5 Å². The second-order valence-corrected chi connectivity index (χ2v) is 10.2. The van der Waals surface area contributed by atoms with Gasteiger partial charge in [0, 0.05) is 49.8 Å². The van der Waals surface area contributed by atoms with Crippen molar-refractivity contribution in [2.75, 3.05) is 29.9 Å². The lowest BCUT2D eigenvalue weighted by molar-refractivity contribution is 0.0221. The van der Waals surface area contributed by atoms with E-state index in [-0.39, 0.29) is 30.3 Å². The van der Waals surface area contributed by atoms with E-state index >= 15 is 0 Å². The summed E-state index contributed by atoms with van der Waals surface area (Å²) in [4.78, 5) is 15.8. The number of aromatic nitrogens is 4. The van der Waals surface area contributed by atoms with Crippen molar-refractivity contribution in [3.63, 3.8) is 0 Å². The van der Waals surface area contributed by atoms with Crippen LogP contribution in [0.15, 0.2) is 12.3 Å². The van der Waals surface area contributed by atoms with E-state index in [1.165, 1.54) is 0 Å². The monoisotopic (exact) mass is 481 g/mol. The van der Waals surface area contributed by atoms with Gasteiger partial charge in [-0.25, -0.2) is 13.6 Å². The van der Waals surface area contributed by atoms with Gasteiger partial charge in [0.2, 0.25) is 0 Å². The van der Waals surface area contributed by atoms with Gasteiger partial charge in [0.15, 0.2) is 11.0 Å². The standard InChI is InChI=1S/C21H26ClF2N7O2/c1-20(2,3)33-19(32)29-5-4-14-12(9-29)8-26-31(14)13-7-21(18(23)24)11-25-17-15(30(21)10-13)6-16(22)27-28-17/h6,8,13,18H,4-5,7,9-11H2,1-3H3,(H,25,28)/t13-,21-/m1/s1. The van der Waals surface area contributed by atoms with E-state index in [4.69, 9.17) is 16.3 Å². The Bertz CT molecular complexity index is 1090. The normalized spacial score (nSPS) is 24.3. The number of hydrogen-bond acceptors (Lipinski definition) is 7. The molecular formula is C21H26ClF2N7O2. The zero-order chi connectivity index (χ0) is 23.5. The molecule has 2 aromatic heterocycles. The number of carbonyl (C=O) groups excluding carboxylic acids is 1. The van der Waals surface area contributed by atoms with Gasteiger partial charge in [-0.15, -0.1) is 10.2 Å². The molecule has 33 heavy (non-hydrogen) atoms. The van der Waals surface area contributed by atoms with Crippen molar-refractivity contribution in [1.82, 2.24) is 24.9 Å². The quantitative estimate of drug-likeness (QED) is 0.702. The first-order valence-electron chi connectivity index (χ1n) is 10.9. The third-order valence-electron chi connectivity index (χ3n) is 6.49. The molecule has 5 rings (SSSR count). The lowest BCUT2D eigenvalue weighted by Gasteiger charge is -2.43. The Hall–Kier alpha value is -2.69. The molecule has 3 aliphatic heterocycles. The number of nitrogens with one attached hydrogen (secondary N) is 1. The van der Waals surface area contributed by atoms with Gasteiger partial charge in [-0.05, 0) is 20.8 Å². The Morgan fingerprint density at radius 2 is 2.15 bits per heavy atom. The first kappa shape index (κ1) is 22.1. The van der Waals surface area contributed by atoms with Crippen molar-refractivity contribution in [3.05, 3.63) is 28.7 Å². The van der Waals surface area contributed by atoms with E-state index in [1.807, 2.05) is 25.5 Å². The zero-order valence-electron chi connectivity index (χ0n) is 18.7. The summed E-state index contributed by atoms with van der Waals surface area (Å²) in [6.07, 6.45) is -0.410. The molecule has 3 aliphatic rings. The number of carbonyl (C=O) groups is 1. The van der Waals surface area contributed by atoms with Crippen LogP contribution in [-0.4, -0.2) is 68.2 Å². The van der Waals surface area contributed by atoms with Gasteiger partial charge in [-0.1, -0.05) is 11.6 Å². The van der Waals surface area contributed by atoms with Crippen LogP contribution in [-0.2, 0) is 17.7 Å². The fourth-order valence-corrected chi connectivity index (χ4v) is 5.15. The van der Waals surface area contributed by atoms with Gasteiger partial charge in [0.05, 0.1) is 24.5 Å². The molecule has 9 nitrogen and oxygen atoms in total. The molecule has 0 spiro atoms. The van der Waals surface area contributed by atoms with Crippen molar-refractivity contribution >= 4 is 29.2 Å². The summed E-state index contributed by atoms with van der Waals surface area (Å²) in [6, 6.07) is 1.32. The molecule has 2 aromatic rings. The number of fused-ring (bicyclic) bond motifs is 4. The third kappa shape index (κ3) is 3.75. The molecule has 1 N–H and O–H groups in total. The number of halogens is 3. The molecule has 0 aliphatic carbocycles. The highest BCUT2D eigenvalue weighted by Gasteiger charge is 2.56. The van der Waals surface area contributed by atoms with Crippen molar-refractivity contribution in [3.8, 4) is 0 Å². The second kappa shape index (κ2) is 7.68. The summed E-state index contributed by atoms with van der Waals surface area (Å²) in [5, 5.41) is 15.6. The number of amides is 1. The first-order valence-corrected chi connectivity index (χ1v) is 11.3. The van der Waals surface area contributed by atoms with Crippen LogP contribution in [0.2, 0.25) is 5.15 Å². The summed E-state index contributed by atoms with van der Waals surface area (Å²) in [5.74, 6) is 0.451. The maximum absolute atomic E-state index is 14.5. The minimum atomic E-state index is -2.58. The molecule has 0 aromatic carbocycles. The van der Waals surface area contributed by atoms with Crippen LogP contribution in [0.25, 0.3) is 0 Å². The minimum absolute atomic E-state index is 0.0559. The van der Waals surface area contributed by atoms with Gasteiger partial charge in [0.1, 0.15) is 11.1 Å². The van der Waals surface area contributed by atoms with E-state index < -0.39 is 17.6 Å². The van der Waals surface area contributed by atoms with E-state index in [1.54, 1.807) is 22.1 Å². The summed E-state index contributed by atoms with van der Waals surface area (Å²) >= 11 is 6.03. The Balaban J connectivity index is 1.41. The number of hydrogen-bond donors (Lipinski definition) is 1. The topological polar surface area (TPSA) is 88.4 Å². The number of alkyl halides is 2. The molecule has 0 bridgehead atoms. The van der Waals surface area contributed by atoms with Crippen LogP contribution in [0.5, 0.6) is 0 Å². The maximum atomic E-state index is 14.5. The van der Waals surface area contributed by atoms with Crippen LogP contribution in [0.4, 0.5) is 25.1 Å². The summed E-state index contributed by atoms with van der Waals surface area (Å²) in [7, 11) is 0. The van der Waals surface area contributed by atoms with Gasteiger partial charge in [-0.2, -0.15) is 5.10 Å². The molecule has 1 amide bonds. The van der Waals surface area contributed by atoms with Crippen molar-refractivity contribution in [2.45, 2.75) is 63.8 Å². The number of rotatable bonds is 2. The van der Waals surface area contributed by atoms with Crippen molar-refractivity contribution in [2.24, 2.45) is 0 Å². The summed E-state index contributed by atoms with van der Waals surface area (Å²) in [6.45, 7) is 6.77. The predicted molar refractivity (Wildman–Crippen MR) is 118 cm³/mol. The first-order chi connectivity index (χ1) is 15.6. The number of nitrogens with zero attached hydrogens (tertiary/aromatic N) is 6. The van der Waals surface area contributed by atoms with Crippen molar-refractivity contribution in [1.29, 1.82) is 0 Å². The highest BCUT2D eigenvalue weighted by molar-refractivity contribution is 6.29. The van der Waals surface area contributed by atoms with E-state index in [0.717, 1.165) is 11.3 Å². The van der Waals surface area contributed by atoms with E-state index in [0.29, 0.717) is 37.6 Å². The lowest BCUT2D eigenvalue weighted by atomic mass is 9.93. The van der Waals surface area contributed by atoms with Crippen LogP contribution in [0, 0.1) is 0 Å². The molecule has 5 heterocycles. The average molecular weight is 482 g/mol. The van der Waals surface area contributed by atoms with Crippen LogP contribution in [0.3, 0.4) is 0 Å². The smallest absolute Gasteiger partial charge is 0.410 e. The molecule has 178 valence electrons. The van der Waals surface area contributed by atoms with Gasteiger partial charge < -0.3 is 19.9 Å². The summed E-state index contributed by atoms with van der Waals surface area (Å²) in [5.41, 5.74) is 0.456. The molecule has 2 atom stereocenters. The fraction of sp³-hybridized carbons (Fsp3) is 0.619. The maximum Gasteiger partial charge on any atom is 0.410 e. The van der Waals surface area contributed by atoms with Gasteiger partial charge in [-0.3, -0.25) is 4.68 Å².